The fraction of sp³-hybridized carbons (Fsp3) is 0.235. The van der Waals surface area contributed by atoms with E-state index in [4.69, 9.17) is 4.42 Å². The van der Waals surface area contributed by atoms with Crippen LogP contribution in [0.1, 0.15) is 5.69 Å². The fourth-order valence-electron chi connectivity index (χ4n) is 3.27. The van der Waals surface area contributed by atoms with Crippen molar-refractivity contribution in [2.24, 2.45) is 7.05 Å². The van der Waals surface area contributed by atoms with Crippen molar-refractivity contribution in [3.63, 3.8) is 0 Å². The van der Waals surface area contributed by atoms with E-state index < -0.39 is 0 Å². The van der Waals surface area contributed by atoms with Gasteiger partial charge in [-0.15, -0.1) is 12.4 Å². The zero-order valence-corrected chi connectivity index (χ0v) is 14.9. The maximum Gasteiger partial charge on any atom is 0.419 e. The fourth-order valence-corrected chi connectivity index (χ4v) is 3.27. The van der Waals surface area contributed by atoms with Gasteiger partial charge in [0.25, 0.3) is 0 Å². The molecule has 0 radical (unpaired) electrons. The average molecular weight is 373 g/mol. The summed E-state index contributed by atoms with van der Waals surface area (Å²) in [7, 11) is 1.70. The monoisotopic (exact) mass is 372 g/mol. The smallest absolute Gasteiger partial charge is 0.408 e. The van der Waals surface area contributed by atoms with Crippen LogP contribution in [-0.2, 0) is 20.1 Å². The molecular formula is C17H17ClN6O2. The van der Waals surface area contributed by atoms with Gasteiger partial charge in [0.15, 0.2) is 11.4 Å². The summed E-state index contributed by atoms with van der Waals surface area (Å²) in [6.45, 7) is 2.60. The van der Waals surface area contributed by atoms with Gasteiger partial charge >= 0.3 is 5.76 Å². The highest BCUT2D eigenvalue weighted by atomic mass is 35.5. The Labute approximate surface area is 154 Å². The van der Waals surface area contributed by atoms with Gasteiger partial charge in [-0.25, -0.2) is 9.78 Å². The highest BCUT2D eigenvalue weighted by molar-refractivity contribution is 5.85. The quantitative estimate of drug-likeness (QED) is 0.579. The Morgan fingerprint density at radius 2 is 2.15 bits per heavy atom. The highest BCUT2D eigenvalue weighted by Gasteiger charge is 2.17. The molecule has 5 rings (SSSR count). The number of imidazole rings is 1. The Kier molecular flexibility index (Phi) is 3.93. The van der Waals surface area contributed by atoms with Crippen molar-refractivity contribution in [3.8, 4) is 17.2 Å². The number of rotatable bonds is 2. The van der Waals surface area contributed by atoms with Crippen molar-refractivity contribution >= 4 is 23.5 Å². The van der Waals surface area contributed by atoms with Gasteiger partial charge in [-0.05, 0) is 24.3 Å². The van der Waals surface area contributed by atoms with Crippen molar-refractivity contribution in [2.45, 2.75) is 13.1 Å². The molecule has 9 heteroatoms. The van der Waals surface area contributed by atoms with E-state index in [1.807, 2.05) is 27.6 Å². The van der Waals surface area contributed by atoms with Gasteiger partial charge in [-0.2, -0.15) is 5.10 Å². The molecule has 0 saturated heterocycles. The molecule has 0 bridgehead atoms. The second kappa shape index (κ2) is 6.15. The summed E-state index contributed by atoms with van der Waals surface area (Å²) in [5.41, 5.74) is 4.21. The Morgan fingerprint density at radius 3 is 3.00 bits per heavy atom. The maximum atomic E-state index is 11.7. The largest absolute Gasteiger partial charge is 0.419 e. The first-order valence-corrected chi connectivity index (χ1v) is 8.12. The lowest BCUT2D eigenvalue weighted by molar-refractivity contribution is 0.476. The zero-order chi connectivity index (χ0) is 17.0. The predicted molar refractivity (Wildman–Crippen MR) is 98.8 cm³/mol. The Morgan fingerprint density at radius 1 is 1.27 bits per heavy atom. The number of oxazole rings is 1. The van der Waals surface area contributed by atoms with Gasteiger partial charge in [0, 0.05) is 38.2 Å². The normalized spacial score (nSPS) is 13.6. The third kappa shape index (κ3) is 2.46. The van der Waals surface area contributed by atoms with E-state index in [0.29, 0.717) is 5.58 Å². The van der Waals surface area contributed by atoms with Gasteiger partial charge in [-0.1, -0.05) is 0 Å². The van der Waals surface area contributed by atoms with Crippen LogP contribution in [0.5, 0.6) is 0 Å². The molecule has 0 saturated carbocycles. The Bertz CT molecular complexity index is 1130. The number of halogens is 1. The molecule has 4 heterocycles. The standard InChI is InChI=1S/C17H16N6O2.ClH/c1-21-14-9-11(2-3-15(14)25-17(21)24)22-6-5-19-16(22)13-8-12-10-18-4-7-23(12)20-13;/h2-3,5-6,8-9,18H,4,7,10H2,1H3;1H. The van der Waals surface area contributed by atoms with Crippen LogP contribution in [0, 0.1) is 0 Å². The van der Waals surface area contributed by atoms with E-state index in [2.05, 4.69) is 21.5 Å². The van der Waals surface area contributed by atoms with E-state index in [0.717, 1.165) is 48.1 Å². The van der Waals surface area contributed by atoms with Crippen molar-refractivity contribution in [2.75, 3.05) is 6.54 Å². The molecule has 0 aliphatic carbocycles. The summed E-state index contributed by atoms with van der Waals surface area (Å²) in [5, 5.41) is 8.03. The van der Waals surface area contributed by atoms with E-state index in [-0.39, 0.29) is 18.2 Å². The van der Waals surface area contributed by atoms with Crippen molar-refractivity contribution in [1.82, 2.24) is 29.2 Å². The van der Waals surface area contributed by atoms with E-state index >= 15 is 0 Å². The summed E-state index contributed by atoms with van der Waals surface area (Å²) >= 11 is 0. The van der Waals surface area contributed by atoms with Crippen LogP contribution in [-0.4, -0.2) is 30.4 Å². The number of hydrogen-bond donors (Lipinski definition) is 1. The second-order valence-electron chi connectivity index (χ2n) is 6.12. The molecule has 1 aliphatic heterocycles. The SMILES string of the molecule is Cl.Cn1c(=O)oc2ccc(-n3ccnc3-c3cc4n(n3)CCNC4)cc21. The lowest BCUT2D eigenvalue weighted by atomic mass is 10.2. The van der Waals surface area contributed by atoms with Crippen LogP contribution in [0.25, 0.3) is 28.3 Å². The predicted octanol–water partition coefficient (Wildman–Crippen LogP) is 1.71. The van der Waals surface area contributed by atoms with E-state index in [1.165, 1.54) is 4.57 Å². The summed E-state index contributed by atoms with van der Waals surface area (Å²) in [4.78, 5) is 16.2. The zero-order valence-electron chi connectivity index (χ0n) is 14.0. The summed E-state index contributed by atoms with van der Waals surface area (Å²) in [5.74, 6) is 0.405. The molecule has 0 unspecified atom stereocenters. The van der Waals surface area contributed by atoms with Crippen LogP contribution in [0.2, 0.25) is 0 Å². The average Bonchev–Trinajstić information content (AvgIpc) is 3.32. The first-order chi connectivity index (χ1) is 12.2. The van der Waals surface area contributed by atoms with Gasteiger partial charge in [0.1, 0.15) is 5.69 Å². The third-order valence-electron chi connectivity index (χ3n) is 4.59. The van der Waals surface area contributed by atoms with E-state index in [1.54, 1.807) is 19.3 Å². The first kappa shape index (κ1) is 16.6. The van der Waals surface area contributed by atoms with Gasteiger partial charge < -0.3 is 9.73 Å². The lowest BCUT2D eigenvalue weighted by Crippen LogP contribution is -2.28. The number of benzene rings is 1. The van der Waals surface area contributed by atoms with Gasteiger partial charge in [0.2, 0.25) is 0 Å². The first-order valence-electron chi connectivity index (χ1n) is 8.12. The molecule has 134 valence electrons. The van der Waals surface area contributed by atoms with Gasteiger partial charge in [-0.3, -0.25) is 13.8 Å². The molecular weight excluding hydrogens is 356 g/mol. The number of aromatic nitrogens is 5. The Hall–Kier alpha value is -2.84. The number of fused-ring (bicyclic) bond motifs is 2. The van der Waals surface area contributed by atoms with E-state index in [9.17, 15) is 4.79 Å². The van der Waals surface area contributed by atoms with Crippen molar-refractivity contribution < 1.29 is 4.42 Å². The minimum Gasteiger partial charge on any atom is -0.408 e. The summed E-state index contributed by atoms with van der Waals surface area (Å²) in [6, 6.07) is 7.70. The van der Waals surface area contributed by atoms with Crippen LogP contribution in [0.3, 0.4) is 0 Å². The molecule has 0 fully saturated rings. The molecule has 1 aliphatic rings. The molecule has 0 amide bonds. The molecule has 26 heavy (non-hydrogen) atoms. The van der Waals surface area contributed by atoms with Crippen LogP contribution < -0.4 is 11.1 Å². The van der Waals surface area contributed by atoms with Crippen molar-refractivity contribution in [1.29, 1.82) is 0 Å². The topological polar surface area (TPSA) is 82.8 Å². The van der Waals surface area contributed by atoms with Crippen molar-refractivity contribution in [3.05, 3.63) is 52.9 Å². The van der Waals surface area contributed by atoms with Crippen LogP contribution in [0.15, 0.2) is 45.9 Å². The maximum absolute atomic E-state index is 11.7. The molecule has 4 aromatic rings. The number of hydrogen-bond acceptors (Lipinski definition) is 5. The number of aryl methyl sites for hydroxylation is 1. The Balaban J connectivity index is 0.00000168. The summed E-state index contributed by atoms with van der Waals surface area (Å²) < 4.78 is 10.7. The minimum atomic E-state index is -0.368. The van der Waals surface area contributed by atoms with Gasteiger partial charge in [0.05, 0.1) is 17.8 Å². The lowest BCUT2D eigenvalue weighted by Gasteiger charge is -2.13. The highest BCUT2D eigenvalue weighted by Crippen LogP contribution is 2.24. The van der Waals surface area contributed by atoms with Crippen LogP contribution >= 0.6 is 12.4 Å². The molecule has 0 spiro atoms. The number of nitrogens with one attached hydrogen (secondary N) is 1. The van der Waals surface area contributed by atoms with Crippen LogP contribution in [0.4, 0.5) is 0 Å². The third-order valence-corrected chi connectivity index (χ3v) is 4.59. The molecule has 0 atom stereocenters. The molecule has 1 aromatic carbocycles. The minimum absolute atomic E-state index is 0. The second-order valence-corrected chi connectivity index (χ2v) is 6.12. The molecule has 1 N–H and O–H groups in total. The number of nitrogens with zero attached hydrogens (tertiary/aromatic N) is 5. The molecule has 3 aromatic heterocycles. The molecule has 8 nitrogen and oxygen atoms in total. The summed E-state index contributed by atoms with van der Waals surface area (Å²) in [6.07, 6.45) is 3.65.